The third kappa shape index (κ3) is 3.58. The Balaban J connectivity index is 1.58. The smallest absolute Gasteiger partial charge is 0.251 e. The zero-order valence-corrected chi connectivity index (χ0v) is 15.9. The van der Waals surface area contributed by atoms with Gasteiger partial charge in [-0.3, -0.25) is 9.59 Å². The van der Waals surface area contributed by atoms with E-state index in [1.807, 2.05) is 6.07 Å². The number of nitrogens with zero attached hydrogens (tertiary/aromatic N) is 2. The van der Waals surface area contributed by atoms with Gasteiger partial charge in [0.25, 0.3) is 5.91 Å². The molecule has 2 aromatic carbocycles. The summed E-state index contributed by atoms with van der Waals surface area (Å²) in [7, 11) is 0. The van der Waals surface area contributed by atoms with E-state index in [4.69, 9.17) is 11.6 Å². The summed E-state index contributed by atoms with van der Waals surface area (Å²) in [4.78, 5) is 24.8. The van der Waals surface area contributed by atoms with E-state index in [1.54, 1.807) is 25.1 Å². The molecule has 1 aliphatic heterocycles. The molecule has 0 saturated heterocycles. The van der Waals surface area contributed by atoms with Crippen molar-refractivity contribution < 1.29 is 18.4 Å². The number of carbonyl (C=O) groups is 2. The van der Waals surface area contributed by atoms with E-state index in [0.717, 1.165) is 23.3 Å². The zero-order valence-electron chi connectivity index (χ0n) is 15.2. The van der Waals surface area contributed by atoms with Crippen LogP contribution in [0.2, 0.25) is 5.02 Å². The number of hydrogen-bond donors (Lipinski definition) is 2. The van der Waals surface area contributed by atoms with Crippen LogP contribution in [-0.2, 0) is 9.59 Å². The third-order valence-electron chi connectivity index (χ3n) is 4.62. The normalized spacial score (nSPS) is 15.2. The lowest BCUT2D eigenvalue weighted by Crippen LogP contribution is -2.23. The molecular formula is C20H15ClF2N4O2. The second-order valence-corrected chi connectivity index (χ2v) is 7.09. The van der Waals surface area contributed by atoms with Crippen LogP contribution in [0.4, 0.5) is 20.3 Å². The van der Waals surface area contributed by atoms with E-state index < -0.39 is 23.6 Å². The first-order valence-corrected chi connectivity index (χ1v) is 9.12. The Labute approximate surface area is 169 Å². The first-order chi connectivity index (χ1) is 13.8. The minimum Gasteiger partial charge on any atom is -0.326 e. The molecule has 1 unspecified atom stereocenters. The van der Waals surface area contributed by atoms with Crippen molar-refractivity contribution >= 4 is 34.9 Å². The summed E-state index contributed by atoms with van der Waals surface area (Å²) in [5.41, 5.74) is 2.30. The van der Waals surface area contributed by atoms with Crippen molar-refractivity contribution in [2.45, 2.75) is 19.4 Å². The molecule has 2 heterocycles. The largest absolute Gasteiger partial charge is 0.326 e. The monoisotopic (exact) mass is 416 g/mol. The van der Waals surface area contributed by atoms with Crippen LogP contribution in [0.5, 0.6) is 0 Å². The molecule has 2 N–H and O–H groups in total. The molecule has 1 atom stereocenters. The molecule has 0 saturated carbocycles. The Bertz CT molecular complexity index is 1150. The number of halogens is 3. The minimum atomic E-state index is -1.07. The highest BCUT2D eigenvalue weighted by Crippen LogP contribution is 2.38. The van der Waals surface area contributed by atoms with Crippen molar-refractivity contribution in [1.29, 1.82) is 0 Å². The highest BCUT2D eigenvalue weighted by Gasteiger charge is 2.36. The summed E-state index contributed by atoms with van der Waals surface area (Å²) in [6, 6.07) is 9.34. The Morgan fingerprint density at radius 2 is 2.03 bits per heavy atom. The van der Waals surface area contributed by atoms with Crippen molar-refractivity contribution in [3.8, 4) is 11.1 Å². The molecule has 3 aromatic rings. The number of rotatable bonds is 4. The number of carbonyl (C=O) groups excluding carboxylic acids is 2. The van der Waals surface area contributed by atoms with Crippen molar-refractivity contribution in [3.05, 3.63) is 64.8 Å². The molecule has 1 aliphatic rings. The number of anilines is 2. The molecule has 0 bridgehead atoms. The average Bonchev–Trinajstić information content (AvgIpc) is 3.12. The lowest BCUT2D eigenvalue weighted by atomic mass is 10.1. The van der Waals surface area contributed by atoms with E-state index in [-0.39, 0.29) is 18.0 Å². The first-order valence-electron chi connectivity index (χ1n) is 8.74. The Morgan fingerprint density at radius 1 is 1.24 bits per heavy atom. The zero-order chi connectivity index (χ0) is 20.7. The first kappa shape index (κ1) is 19.1. The lowest BCUT2D eigenvalue weighted by Gasteiger charge is -2.10. The minimum absolute atomic E-state index is 0.101. The molecule has 0 spiro atoms. The van der Waals surface area contributed by atoms with E-state index in [1.165, 1.54) is 10.7 Å². The van der Waals surface area contributed by atoms with Gasteiger partial charge in [0.2, 0.25) is 5.91 Å². The average molecular weight is 417 g/mol. The van der Waals surface area contributed by atoms with Crippen molar-refractivity contribution in [3.63, 3.8) is 0 Å². The maximum Gasteiger partial charge on any atom is 0.251 e. The molecule has 2 amide bonds. The molecule has 1 aromatic heterocycles. The van der Waals surface area contributed by atoms with Crippen LogP contribution >= 0.6 is 11.6 Å². The second-order valence-electron chi connectivity index (χ2n) is 6.65. The summed E-state index contributed by atoms with van der Waals surface area (Å²) >= 11 is 6.07. The lowest BCUT2D eigenvalue weighted by molar-refractivity contribution is -0.123. The Morgan fingerprint density at radius 3 is 2.76 bits per heavy atom. The van der Waals surface area contributed by atoms with E-state index >= 15 is 0 Å². The number of hydrogen-bond acceptors (Lipinski definition) is 3. The van der Waals surface area contributed by atoms with Gasteiger partial charge in [0, 0.05) is 22.3 Å². The van der Waals surface area contributed by atoms with Crippen LogP contribution in [0, 0.1) is 18.6 Å². The highest BCUT2D eigenvalue weighted by atomic mass is 35.5. The van der Waals surface area contributed by atoms with Gasteiger partial charge in [0.1, 0.15) is 11.9 Å². The Kier molecular flexibility index (Phi) is 4.79. The van der Waals surface area contributed by atoms with Gasteiger partial charge in [-0.15, -0.1) is 0 Å². The highest BCUT2D eigenvalue weighted by molar-refractivity contribution is 6.30. The topological polar surface area (TPSA) is 76.0 Å². The molecule has 0 radical (unpaired) electrons. The third-order valence-corrected chi connectivity index (χ3v) is 4.86. The molecule has 6 nitrogen and oxygen atoms in total. The molecule has 4 rings (SSSR count). The van der Waals surface area contributed by atoms with Crippen LogP contribution in [0.15, 0.2) is 42.5 Å². The summed E-state index contributed by atoms with van der Waals surface area (Å²) in [6.45, 7) is 1.80. The van der Waals surface area contributed by atoms with Gasteiger partial charge in [-0.25, -0.2) is 13.5 Å². The van der Waals surface area contributed by atoms with Gasteiger partial charge in [-0.1, -0.05) is 23.7 Å². The fraction of sp³-hybridized carbons (Fsp3) is 0.150. The van der Waals surface area contributed by atoms with Gasteiger partial charge in [-0.2, -0.15) is 5.10 Å². The number of fused-ring (bicyclic) bond motifs is 1. The SMILES string of the molecule is Cc1nn2c(c1-c1cccc(Cl)c1)NC(=O)C2CC(=O)Nc1ccc(F)c(F)c1. The fourth-order valence-corrected chi connectivity index (χ4v) is 3.52. The van der Waals surface area contributed by atoms with Crippen molar-refractivity contribution in [1.82, 2.24) is 9.78 Å². The van der Waals surface area contributed by atoms with Crippen LogP contribution in [0.25, 0.3) is 11.1 Å². The summed E-state index contributed by atoms with van der Waals surface area (Å²) in [6.07, 6.45) is -0.214. The number of nitrogens with one attached hydrogen (secondary N) is 2. The van der Waals surface area contributed by atoms with Crippen LogP contribution in [-0.4, -0.2) is 21.6 Å². The van der Waals surface area contributed by atoms with Gasteiger partial charge in [0.05, 0.1) is 12.1 Å². The standard InChI is InChI=1S/C20H15ClF2N4O2/c1-10-18(11-3-2-4-12(21)7-11)19-25-20(29)16(27(19)26-10)9-17(28)24-13-5-6-14(22)15(23)8-13/h2-8,16H,9H2,1H3,(H,24,28)(H,25,29). The summed E-state index contributed by atoms with van der Waals surface area (Å²) < 4.78 is 27.8. The van der Waals surface area contributed by atoms with Gasteiger partial charge in [-0.05, 0) is 36.8 Å². The van der Waals surface area contributed by atoms with Crippen LogP contribution in [0.3, 0.4) is 0 Å². The predicted octanol–water partition coefficient (Wildman–Crippen LogP) is 4.31. The van der Waals surface area contributed by atoms with E-state index in [0.29, 0.717) is 16.5 Å². The molecule has 9 heteroatoms. The molecular weight excluding hydrogens is 402 g/mol. The summed E-state index contributed by atoms with van der Waals surface area (Å²) in [5.74, 6) is -2.50. The van der Waals surface area contributed by atoms with Crippen molar-refractivity contribution in [2.75, 3.05) is 10.6 Å². The predicted molar refractivity (Wildman–Crippen MR) is 105 cm³/mol. The maximum atomic E-state index is 13.3. The molecule has 148 valence electrons. The molecule has 0 fully saturated rings. The summed E-state index contributed by atoms with van der Waals surface area (Å²) in [5, 5.41) is 10.2. The van der Waals surface area contributed by atoms with Crippen LogP contribution < -0.4 is 10.6 Å². The van der Waals surface area contributed by atoms with E-state index in [9.17, 15) is 18.4 Å². The maximum absolute atomic E-state index is 13.3. The number of benzene rings is 2. The quantitative estimate of drug-likeness (QED) is 0.665. The van der Waals surface area contributed by atoms with Gasteiger partial charge in [0.15, 0.2) is 11.6 Å². The van der Waals surface area contributed by atoms with E-state index in [2.05, 4.69) is 15.7 Å². The van der Waals surface area contributed by atoms with Gasteiger partial charge < -0.3 is 10.6 Å². The van der Waals surface area contributed by atoms with Crippen molar-refractivity contribution in [2.24, 2.45) is 0 Å². The number of amides is 2. The number of aromatic nitrogens is 2. The van der Waals surface area contributed by atoms with Crippen LogP contribution in [0.1, 0.15) is 18.2 Å². The second kappa shape index (κ2) is 7.29. The van der Waals surface area contributed by atoms with Gasteiger partial charge >= 0.3 is 0 Å². The molecule has 0 aliphatic carbocycles. The number of aryl methyl sites for hydroxylation is 1. The molecule has 29 heavy (non-hydrogen) atoms. The Hall–Kier alpha value is -3.26. The fourth-order valence-electron chi connectivity index (χ4n) is 3.33.